The van der Waals surface area contributed by atoms with Gasteiger partial charge in [-0.3, -0.25) is 4.98 Å². The Morgan fingerprint density at radius 1 is 1.20 bits per heavy atom. The fraction of sp³-hybridized carbons (Fsp3) is 0.250. The smallest absolute Gasteiger partial charge is 0.140 e. The molecule has 102 valence electrons. The number of imidazole rings is 1. The molecular weight excluding hydrogens is 248 g/mol. The van der Waals surface area contributed by atoms with E-state index in [1.54, 1.807) is 6.20 Å². The van der Waals surface area contributed by atoms with E-state index >= 15 is 0 Å². The molecule has 20 heavy (non-hydrogen) atoms. The quantitative estimate of drug-likeness (QED) is 0.731. The van der Waals surface area contributed by atoms with Crippen molar-refractivity contribution in [3.63, 3.8) is 0 Å². The van der Waals surface area contributed by atoms with E-state index in [1.807, 2.05) is 12.3 Å². The van der Waals surface area contributed by atoms with Crippen LogP contribution in [-0.4, -0.2) is 33.4 Å². The predicted octanol–water partition coefficient (Wildman–Crippen LogP) is 2.77. The highest BCUT2D eigenvalue weighted by molar-refractivity contribution is 5.67. The zero-order valence-electron chi connectivity index (χ0n) is 12.0. The van der Waals surface area contributed by atoms with Crippen molar-refractivity contribution in [2.24, 2.45) is 0 Å². The minimum Gasteiger partial charge on any atom is -0.304 e. The zero-order valence-corrected chi connectivity index (χ0v) is 12.0. The van der Waals surface area contributed by atoms with Crippen LogP contribution in [0.25, 0.3) is 16.9 Å². The van der Waals surface area contributed by atoms with Gasteiger partial charge in [-0.2, -0.15) is 0 Å². The molecule has 3 heterocycles. The van der Waals surface area contributed by atoms with Gasteiger partial charge in [0, 0.05) is 30.7 Å². The summed E-state index contributed by atoms with van der Waals surface area (Å²) in [4.78, 5) is 11.2. The lowest BCUT2D eigenvalue weighted by molar-refractivity contribution is 0.396. The van der Waals surface area contributed by atoms with Crippen LogP contribution in [0.15, 0.2) is 42.9 Å². The molecule has 3 rings (SSSR count). The van der Waals surface area contributed by atoms with Gasteiger partial charge in [0.05, 0.1) is 11.4 Å². The van der Waals surface area contributed by atoms with E-state index < -0.39 is 0 Å². The fourth-order valence-corrected chi connectivity index (χ4v) is 2.44. The Hall–Kier alpha value is -2.20. The van der Waals surface area contributed by atoms with Gasteiger partial charge in [-0.1, -0.05) is 6.07 Å². The van der Waals surface area contributed by atoms with Crippen LogP contribution in [0.2, 0.25) is 0 Å². The lowest BCUT2D eigenvalue weighted by Crippen LogP contribution is -2.13. The minimum absolute atomic E-state index is 0.842. The van der Waals surface area contributed by atoms with Gasteiger partial charge in [-0.15, -0.1) is 0 Å². The maximum absolute atomic E-state index is 4.83. The monoisotopic (exact) mass is 266 g/mol. The van der Waals surface area contributed by atoms with Crippen molar-refractivity contribution in [2.45, 2.75) is 13.5 Å². The Morgan fingerprint density at radius 3 is 2.75 bits per heavy atom. The zero-order chi connectivity index (χ0) is 14.1. The first kappa shape index (κ1) is 12.8. The second-order valence-electron chi connectivity index (χ2n) is 5.27. The van der Waals surface area contributed by atoms with Crippen LogP contribution in [0.3, 0.4) is 0 Å². The summed E-state index contributed by atoms with van der Waals surface area (Å²) in [5.74, 6) is 0. The van der Waals surface area contributed by atoms with E-state index in [0.717, 1.165) is 23.4 Å². The van der Waals surface area contributed by atoms with Crippen molar-refractivity contribution < 1.29 is 0 Å². The third-order valence-electron chi connectivity index (χ3n) is 3.35. The van der Waals surface area contributed by atoms with Crippen molar-refractivity contribution in [3.8, 4) is 11.3 Å². The van der Waals surface area contributed by atoms with E-state index in [1.165, 1.54) is 11.3 Å². The Balaban J connectivity index is 2.27. The van der Waals surface area contributed by atoms with Crippen molar-refractivity contribution in [3.05, 3.63) is 54.1 Å². The van der Waals surface area contributed by atoms with Crippen LogP contribution >= 0.6 is 0 Å². The third kappa shape index (κ3) is 2.18. The third-order valence-corrected chi connectivity index (χ3v) is 3.35. The lowest BCUT2D eigenvalue weighted by Gasteiger charge is -2.11. The molecule has 3 aromatic heterocycles. The average molecular weight is 266 g/mol. The first-order valence-corrected chi connectivity index (χ1v) is 6.68. The summed E-state index contributed by atoms with van der Waals surface area (Å²) in [6, 6.07) is 8.17. The number of fused-ring (bicyclic) bond motifs is 1. The lowest BCUT2D eigenvalue weighted by atomic mass is 10.1. The fourth-order valence-electron chi connectivity index (χ4n) is 2.44. The number of pyridine rings is 2. The highest BCUT2D eigenvalue weighted by Gasteiger charge is 2.15. The Labute approximate surface area is 118 Å². The summed E-state index contributed by atoms with van der Waals surface area (Å²) in [5, 5.41) is 0. The van der Waals surface area contributed by atoms with E-state index in [-0.39, 0.29) is 0 Å². The predicted molar refractivity (Wildman–Crippen MR) is 80.6 cm³/mol. The molecule has 0 aliphatic carbocycles. The molecule has 0 saturated heterocycles. The summed E-state index contributed by atoms with van der Waals surface area (Å²) in [6.45, 7) is 2.93. The van der Waals surface area contributed by atoms with Crippen molar-refractivity contribution in [2.75, 3.05) is 14.1 Å². The highest BCUT2D eigenvalue weighted by atomic mass is 15.1. The van der Waals surface area contributed by atoms with Gasteiger partial charge in [0.15, 0.2) is 0 Å². The largest absolute Gasteiger partial charge is 0.304 e. The number of hydrogen-bond acceptors (Lipinski definition) is 3. The second-order valence-corrected chi connectivity index (χ2v) is 5.27. The van der Waals surface area contributed by atoms with Crippen LogP contribution in [0.1, 0.15) is 11.3 Å². The van der Waals surface area contributed by atoms with Gasteiger partial charge in [-0.25, -0.2) is 4.98 Å². The standard InChI is InChI=1S/C16H18N4/c1-12-6-5-9-20-14(11-19(2)3)15(18-16(12)20)13-7-4-8-17-10-13/h4-10H,11H2,1-3H3. The Kier molecular flexibility index (Phi) is 3.24. The maximum atomic E-state index is 4.83. The van der Waals surface area contributed by atoms with E-state index in [4.69, 9.17) is 4.98 Å². The van der Waals surface area contributed by atoms with Gasteiger partial charge in [0.2, 0.25) is 0 Å². The van der Waals surface area contributed by atoms with Crippen LogP contribution in [-0.2, 0) is 6.54 Å². The molecule has 0 N–H and O–H groups in total. The number of nitrogens with zero attached hydrogens (tertiary/aromatic N) is 4. The number of aromatic nitrogens is 3. The van der Waals surface area contributed by atoms with Crippen LogP contribution in [0.5, 0.6) is 0 Å². The van der Waals surface area contributed by atoms with Gasteiger partial charge in [0.1, 0.15) is 5.65 Å². The molecular formula is C16H18N4. The molecule has 0 fully saturated rings. The van der Waals surface area contributed by atoms with Crippen molar-refractivity contribution >= 4 is 5.65 Å². The summed E-state index contributed by atoms with van der Waals surface area (Å²) in [6.07, 6.45) is 5.74. The van der Waals surface area contributed by atoms with E-state index in [9.17, 15) is 0 Å². The summed E-state index contributed by atoms with van der Waals surface area (Å²) in [5.41, 5.74) is 5.47. The summed E-state index contributed by atoms with van der Waals surface area (Å²) >= 11 is 0. The molecule has 0 bridgehead atoms. The van der Waals surface area contributed by atoms with E-state index in [2.05, 4.69) is 59.7 Å². The second kappa shape index (κ2) is 5.06. The molecule has 0 unspecified atom stereocenters. The molecule has 0 spiro atoms. The first-order chi connectivity index (χ1) is 9.66. The van der Waals surface area contributed by atoms with Gasteiger partial charge < -0.3 is 9.30 Å². The molecule has 4 heteroatoms. The van der Waals surface area contributed by atoms with Gasteiger partial charge in [-0.05, 0) is 44.8 Å². The van der Waals surface area contributed by atoms with Crippen LogP contribution < -0.4 is 0 Å². The highest BCUT2D eigenvalue weighted by Crippen LogP contribution is 2.25. The average Bonchev–Trinajstić information content (AvgIpc) is 2.80. The molecule has 0 atom stereocenters. The minimum atomic E-state index is 0.842. The van der Waals surface area contributed by atoms with E-state index in [0.29, 0.717) is 0 Å². The molecule has 0 amide bonds. The normalized spacial score (nSPS) is 11.4. The molecule has 0 radical (unpaired) electrons. The molecule has 0 aliphatic heterocycles. The van der Waals surface area contributed by atoms with Crippen LogP contribution in [0, 0.1) is 6.92 Å². The Bertz CT molecular complexity index is 729. The molecule has 0 saturated carbocycles. The molecule has 4 nitrogen and oxygen atoms in total. The molecule has 0 aliphatic rings. The topological polar surface area (TPSA) is 33.4 Å². The van der Waals surface area contributed by atoms with Crippen molar-refractivity contribution in [1.29, 1.82) is 0 Å². The van der Waals surface area contributed by atoms with Gasteiger partial charge >= 0.3 is 0 Å². The molecule has 3 aromatic rings. The maximum Gasteiger partial charge on any atom is 0.140 e. The van der Waals surface area contributed by atoms with Gasteiger partial charge in [0.25, 0.3) is 0 Å². The number of rotatable bonds is 3. The summed E-state index contributed by atoms with van der Waals surface area (Å²) in [7, 11) is 4.14. The number of aryl methyl sites for hydroxylation is 1. The number of hydrogen-bond donors (Lipinski definition) is 0. The first-order valence-electron chi connectivity index (χ1n) is 6.68. The van der Waals surface area contributed by atoms with Crippen molar-refractivity contribution in [1.82, 2.24) is 19.3 Å². The molecule has 0 aromatic carbocycles. The summed E-state index contributed by atoms with van der Waals surface area (Å²) < 4.78 is 2.18. The SMILES string of the molecule is Cc1cccn2c(CN(C)C)c(-c3cccnc3)nc12. The van der Waals surface area contributed by atoms with Crippen LogP contribution in [0.4, 0.5) is 0 Å². The Morgan fingerprint density at radius 2 is 2.05 bits per heavy atom.